The lowest BCUT2D eigenvalue weighted by Gasteiger charge is -2.47. The number of hydrogen-bond donors (Lipinski definition) is 0. The third kappa shape index (κ3) is 4.22. The molecular formula is C22H29FN2O3. The summed E-state index contributed by atoms with van der Waals surface area (Å²) in [6, 6.07) is 6.13. The molecule has 1 saturated carbocycles. The van der Waals surface area contributed by atoms with Crippen LogP contribution in [0, 0.1) is 11.7 Å². The molecule has 5 nitrogen and oxygen atoms in total. The summed E-state index contributed by atoms with van der Waals surface area (Å²) in [5.41, 5.74) is 0.130. The average Bonchev–Trinajstić information content (AvgIpc) is 3.22. The van der Waals surface area contributed by atoms with Gasteiger partial charge in [-0.25, -0.2) is 4.39 Å². The van der Waals surface area contributed by atoms with Crippen LogP contribution in [-0.2, 0) is 14.3 Å². The summed E-state index contributed by atoms with van der Waals surface area (Å²) >= 11 is 0. The highest BCUT2D eigenvalue weighted by atomic mass is 19.1. The molecule has 3 aliphatic rings. The maximum absolute atomic E-state index is 13.6. The van der Waals surface area contributed by atoms with Gasteiger partial charge in [-0.2, -0.15) is 0 Å². The van der Waals surface area contributed by atoms with Gasteiger partial charge in [-0.3, -0.25) is 9.59 Å². The summed E-state index contributed by atoms with van der Waals surface area (Å²) in [5, 5.41) is 0. The first-order chi connectivity index (χ1) is 13.5. The van der Waals surface area contributed by atoms with Crippen molar-refractivity contribution in [1.82, 2.24) is 4.90 Å². The van der Waals surface area contributed by atoms with E-state index in [1.165, 1.54) is 37.8 Å². The molecule has 1 aliphatic carbocycles. The molecule has 6 heteroatoms. The molecule has 0 N–H and O–H groups in total. The number of amides is 2. The van der Waals surface area contributed by atoms with E-state index in [4.69, 9.17) is 4.74 Å². The quantitative estimate of drug-likeness (QED) is 0.793. The van der Waals surface area contributed by atoms with Crippen molar-refractivity contribution in [2.45, 2.75) is 57.0 Å². The maximum atomic E-state index is 13.6. The van der Waals surface area contributed by atoms with Gasteiger partial charge in [0.05, 0.1) is 12.1 Å². The molecule has 2 saturated heterocycles. The third-order valence-corrected chi connectivity index (χ3v) is 6.64. The van der Waals surface area contributed by atoms with Crippen molar-refractivity contribution in [3.05, 3.63) is 30.1 Å². The molecule has 1 spiro atoms. The second-order valence-corrected chi connectivity index (χ2v) is 8.50. The van der Waals surface area contributed by atoms with E-state index in [9.17, 15) is 14.0 Å². The average molecular weight is 388 g/mol. The molecule has 0 radical (unpaired) electrons. The number of carbonyl (C=O) groups excluding carboxylic acids is 2. The van der Waals surface area contributed by atoms with Crippen LogP contribution in [0.5, 0.6) is 0 Å². The monoisotopic (exact) mass is 388 g/mol. The third-order valence-electron chi connectivity index (χ3n) is 6.64. The first-order valence-corrected chi connectivity index (χ1v) is 10.5. The molecule has 2 heterocycles. The number of morpholine rings is 1. The van der Waals surface area contributed by atoms with Crippen molar-refractivity contribution in [2.75, 3.05) is 31.1 Å². The molecule has 0 bridgehead atoms. The van der Waals surface area contributed by atoms with Gasteiger partial charge in [0.2, 0.25) is 5.91 Å². The number of ether oxygens (including phenoxy) is 1. The zero-order valence-electron chi connectivity index (χ0n) is 16.4. The molecule has 4 rings (SSSR count). The summed E-state index contributed by atoms with van der Waals surface area (Å²) in [5.74, 6) is 0.475. The van der Waals surface area contributed by atoms with Gasteiger partial charge in [0.15, 0.2) is 0 Å². The van der Waals surface area contributed by atoms with Crippen molar-refractivity contribution in [1.29, 1.82) is 0 Å². The Bertz CT molecular complexity index is 724. The highest BCUT2D eigenvalue weighted by Gasteiger charge is 2.43. The lowest BCUT2D eigenvalue weighted by atomic mass is 9.88. The van der Waals surface area contributed by atoms with Gasteiger partial charge < -0.3 is 14.5 Å². The molecule has 0 atom stereocenters. The Labute approximate surface area is 165 Å². The Balaban J connectivity index is 1.33. The van der Waals surface area contributed by atoms with Crippen LogP contribution in [0.4, 0.5) is 10.1 Å². The number of piperidine rings is 1. The summed E-state index contributed by atoms with van der Waals surface area (Å²) in [6.07, 6.45) is 8.24. The van der Waals surface area contributed by atoms with Crippen LogP contribution < -0.4 is 4.90 Å². The van der Waals surface area contributed by atoms with Crippen LogP contribution >= 0.6 is 0 Å². The Morgan fingerprint density at radius 2 is 1.96 bits per heavy atom. The van der Waals surface area contributed by atoms with Gasteiger partial charge in [-0.15, -0.1) is 0 Å². The zero-order valence-corrected chi connectivity index (χ0v) is 16.4. The van der Waals surface area contributed by atoms with Crippen LogP contribution in [-0.4, -0.2) is 48.6 Å². The normalized spacial score (nSPS) is 22.8. The number of carbonyl (C=O) groups is 2. The van der Waals surface area contributed by atoms with Crippen LogP contribution in [0.25, 0.3) is 0 Å². The fourth-order valence-corrected chi connectivity index (χ4v) is 4.84. The van der Waals surface area contributed by atoms with Crippen LogP contribution in [0.15, 0.2) is 24.3 Å². The summed E-state index contributed by atoms with van der Waals surface area (Å²) < 4.78 is 19.5. The van der Waals surface area contributed by atoms with Gasteiger partial charge in [-0.05, 0) is 43.4 Å². The van der Waals surface area contributed by atoms with E-state index in [0.29, 0.717) is 44.6 Å². The predicted molar refractivity (Wildman–Crippen MR) is 104 cm³/mol. The number of nitrogens with zero attached hydrogens (tertiary/aromatic N) is 2. The molecule has 152 valence electrons. The number of halogens is 1. The second kappa shape index (κ2) is 8.19. The molecule has 1 aromatic rings. The van der Waals surface area contributed by atoms with Gasteiger partial charge in [-0.1, -0.05) is 31.7 Å². The minimum absolute atomic E-state index is 0.00609. The van der Waals surface area contributed by atoms with Crippen LogP contribution in [0.3, 0.4) is 0 Å². The number of rotatable bonds is 4. The first-order valence-electron chi connectivity index (χ1n) is 10.5. The van der Waals surface area contributed by atoms with E-state index in [2.05, 4.69) is 0 Å². The van der Waals surface area contributed by atoms with E-state index in [-0.39, 0.29) is 24.2 Å². The van der Waals surface area contributed by atoms with Crippen molar-refractivity contribution in [3.8, 4) is 0 Å². The predicted octanol–water partition coefficient (Wildman–Crippen LogP) is 3.52. The van der Waals surface area contributed by atoms with Crippen molar-refractivity contribution >= 4 is 17.5 Å². The number of hydrogen-bond acceptors (Lipinski definition) is 3. The number of anilines is 1. The van der Waals surface area contributed by atoms with E-state index in [1.54, 1.807) is 17.0 Å². The Hall–Kier alpha value is -1.95. The van der Waals surface area contributed by atoms with Gasteiger partial charge in [0.1, 0.15) is 12.4 Å². The smallest absolute Gasteiger partial charge is 0.253 e. The molecule has 0 unspecified atom stereocenters. The standard InChI is InChI=1S/C22H29FN2O3/c23-18-6-3-7-19(14-18)25-16-22(28-15-21(25)27)10-12-24(13-11-22)20(26)9-8-17-4-1-2-5-17/h3,6-7,14,17H,1-2,4-5,8-13,15-16H2. The largest absolute Gasteiger partial charge is 0.363 e. The van der Waals surface area contributed by atoms with E-state index in [1.807, 2.05) is 4.90 Å². The van der Waals surface area contributed by atoms with E-state index in [0.717, 1.165) is 12.3 Å². The van der Waals surface area contributed by atoms with Gasteiger partial charge in [0, 0.05) is 25.2 Å². The van der Waals surface area contributed by atoms with Crippen molar-refractivity contribution < 1.29 is 18.7 Å². The van der Waals surface area contributed by atoms with Gasteiger partial charge in [0.25, 0.3) is 5.91 Å². The Morgan fingerprint density at radius 1 is 1.21 bits per heavy atom. The first kappa shape index (κ1) is 19.4. The van der Waals surface area contributed by atoms with E-state index >= 15 is 0 Å². The molecule has 0 aromatic heterocycles. The van der Waals surface area contributed by atoms with E-state index < -0.39 is 5.60 Å². The molecule has 3 fully saturated rings. The SMILES string of the molecule is O=C(CCC1CCCC1)N1CCC2(CC1)CN(c1cccc(F)c1)C(=O)CO2. The van der Waals surface area contributed by atoms with Crippen LogP contribution in [0.2, 0.25) is 0 Å². The minimum Gasteiger partial charge on any atom is -0.363 e. The van der Waals surface area contributed by atoms with Crippen molar-refractivity contribution in [3.63, 3.8) is 0 Å². The molecular weight excluding hydrogens is 359 g/mol. The number of likely N-dealkylation sites (tertiary alicyclic amines) is 1. The summed E-state index contributed by atoms with van der Waals surface area (Å²) in [6.45, 7) is 1.74. The fraction of sp³-hybridized carbons (Fsp3) is 0.636. The lowest BCUT2D eigenvalue weighted by Crippen LogP contribution is -2.59. The summed E-state index contributed by atoms with van der Waals surface area (Å²) in [4.78, 5) is 28.5. The Kier molecular flexibility index (Phi) is 5.67. The molecule has 2 amide bonds. The number of benzene rings is 1. The van der Waals surface area contributed by atoms with Crippen LogP contribution in [0.1, 0.15) is 51.4 Å². The molecule has 1 aromatic carbocycles. The second-order valence-electron chi connectivity index (χ2n) is 8.50. The maximum Gasteiger partial charge on any atom is 0.253 e. The Morgan fingerprint density at radius 3 is 2.68 bits per heavy atom. The fourth-order valence-electron chi connectivity index (χ4n) is 4.84. The minimum atomic E-state index is -0.442. The molecule has 28 heavy (non-hydrogen) atoms. The summed E-state index contributed by atoms with van der Waals surface area (Å²) in [7, 11) is 0. The highest BCUT2D eigenvalue weighted by Crippen LogP contribution is 2.34. The molecule has 2 aliphatic heterocycles. The zero-order chi connectivity index (χ0) is 19.6. The van der Waals surface area contributed by atoms with Crippen molar-refractivity contribution in [2.24, 2.45) is 5.92 Å². The topological polar surface area (TPSA) is 49.9 Å². The van der Waals surface area contributed by atoms with Gasteiger partial charge >= 0.3 is 0 Å². The lowest BCUT2D eigenvalue weighted by molar-refractivity contribution is -0.150. The highest BCUT2D eigenvalue weighted by molar-refractivity contribution is 5.95.